The summed E-state index contributed by atoms with van der Waals surface area (Å²) < 4.78 is 4.93. The Balaban J connectivity index is 1.87. The smallest absolute Gasteiger partial charge is 0.248 e. The Kier molecular flexibility index (Phi) is 6.41. The highest BCUT2D eigenvalue weighted by molar-refractivity contribution is 5.77. The molecule has 0 spiro atoms. The van der Waals surface area contributed by atoms with Crippen molar-refractivity contribution in [2.75, 3.05) is 73.2 Å². The zero-order valence-electron chi connectivity index (χ0n) is 13.3. The number of amides is 1. The number of aliphatic hydroxyl groups is 1. The van der Waals surface area contributed by atoms with E-state index in [0.29, 0.717) is 12.5 Å². The maximum Gasteiger partial charge on any atom is 0.248 e. The summed E-state index contributed by atoms with van der Waals surface area (Å²) in [5, 5.41) is 9.60. The van der Waals surface area contributed by atoms with E-state index >= 15 is 0 Å². The summed E-state index contributed by atoms with van der Waals surface area (Å²) in [6, 6.07) is 0. The second-order valence-corrected chi connectivity index (χ2v) is 6.39. The van der Waals surface area contributed by atoms with Crippen LogP contribution in [-0.4, -0.2) is 98.9 Å². The second kappa shape index (κ2) is 8.08. The average molecular weight is 299 g/mol. The van der Waals surface area contributed by atoms with Gasteiger partial charge in [0.1, 0.15) is 6.61 Å². The van der Waals surface area contributed by atoms with Crippen LogP contribution in [0.2, 0.25) is 0 Å². The third-order valence-electron chi connectivity index (χ3n) is 4.74. The number of ether oxygens (including phenoxy) is 1. The number of aliphatic hydroxyl groups excluding tert-OH is 1. The number of hydrogen-bond donors (Lipinski definition) is 1. The summed E-state index contributed by atoms with van der Waals surface area (Å²) >= 11 is 0. The normalized spacial score (nSPS) is 28.8. The fraction of sp³-hybridized carbons (Fsp3) is 0.933. The van der Waals surface area contributed by atoms with Gasteiger partial charge >= 0.3 is 0 Å². The number of methoxy groups -OCH3 is 1. The standard InChI is InChI=1S/C15H29N3O3/c1-16-4-3-5-17(7-6-16)8-13-9-18(10-14(13)11-19)15(20)12-21-2/h13-14,19H,3-12H2,1-2H3/t13-,14-/m1/s1. The predicted octanol–water partition coefficient (Wildman–Crippen LogP) is -0.663. The molecule has 0 aromatic rings. The van der Waals surface area contributed by atoms with Gasteiger partial charge in [-0.25, -0.2) is 0 Å². The highest BCUT2D eigenvalue weighted by atomic mass is 16.5. The van der Waals surface area contributed by atoms with Crippen molar-refractivity contribution in [3.8, 4) is 0 Å². The summed E-state index contributed by atoms with van der Waals surface area (Å²) in [4.78, 5) is 18.6. The molecular weight excluding hydrogens is 270 g/mol. The van der Waals surface area contributed by atoms with Gasteiger partial charge in [-0.05, 0) is 32.5 Å². The first-order valence-corrected chi connectivity index (χ1v) is 7.92. The number of rotatable bonds is 5. The fourth-order valence-electron chi connectivity index (χ4n) is 3.39. The van der Waals surface area contributed by atoms with Crippen molar-refractivity contribution in [2.24, 2.45) is 11.8 Å². The van der Waals surface area contributed by atoms with Gasteiger partial charge < -0.3 is 24.5 Å². The Bertz CT molecular complexity index is 340. The minimum atomic E-state index is 0.0362. The lowest BCUT2D eigenvalue weighted by molar-refractivity contribution is -0.134. The predicted molar refractivity (Wildman–Crippen MR) is 81.1 cm³/mol. The van der Waals surface area contributed by atoms with Crippen LogP contribution in [0.1, 0.15) is 6.42 Å². The van der Waals surface area contributed by atoms with Crippen molar-refractivity contribution in [1.29, 1.82) is 0 Å². The molecule has 2 rings (SSSR count). The van der Waals surface area contributed by atoms with E-state index in [9.17, 15) is 9.90 Å². The van der Waals surface area contributed by atoms with Gasteiger partial charge in [-0.3, -0.25) is 4.79 Å². The largest absolute Gasteiger partial charge is 0.396 e. The van der Waals surface area contributed by atoms with Gasteiger partial charge in [-0.2, -0.15) is 0 Å². The molecule has 2 fully saturated rings. The molecular formula is C15H29N3O3. The van der Waals surface area contributed by atoms with Crippen molar-refractivity contribution in [2.45, 2.75) is 6.42 Å². The van der Waals surface area contributed by atoms with Crippen LogP contribution in [0.4, 0.5) is 0 Å². The summed E-state index contributed by atoms with van der Waals surface area (Å²) in [7, 11) is 3.71. The van der Waals surface area contributed by atoms with Crippen LogP contribution in [0.3, 0.4) is 0 Å². The van der Waals surface area contributed by atoms with Crippen LogP contribution in [0, 0.1) is 11.8 Å². The maximum absolute atomic E-state index is 11.9. The SMILES string of the molecule is COCC(=O)N1C[C@@H](CN2CCCN(C)CC2)[C@@H](CO)C1. The van der Waals surface area contributed by atoms with Crippen molar-refractivity contribution >= 4 is 5.91 Å². The minimum absolute atomic E-state index is 0.0362. The van der Waals surface area contributed by atoms with Crippen LogP contribution in [0.5, 0.6) is 0 Å². The molecule has 0 aliphatic carbocycles. The number of carbonyl (C=O) groups is 1. The Morgan fingerprint density at radius 3 is 2.67 bits per heavy atom. The first-order valence-electron chi connectivity index (χ1n) is 7.92. The first kappa shape index (κ1) is 16.7. The third kappa shape index (κ3) is 4.64. The van der Waals surface area contributed by atoms with Gasteiger partial charge in [0.2, 0.25) is 5.91 Å². The number of nitrogens with zero attached hydrogens (tertiary/aromatic N) is 3. The van der Waals surface area contributed by atoms with E-state index in [0.717, 1.165) is 39.3 Å². The summed E-state index contributed by atoms with van der Waals surface area (Å²) in [6.07, 6.45) is 1.19. The van der Waals surface area contributed by atoms with E-state index in [1.807, 2.05) is 4.90 Å². The van der Waals surface area contributed by atoms with Crippen molar-refractivity contribution in [1.82, 2.24) is 14.7 Å². The molecule has 0 saturated carbocycles. The molecule has 2 heterocycles. The summed E-state index contributed by atoms with van der Waals surface area (Å²) in [5.41, 5.74) is 0. The number of hydrogen-bond acceptors (Lipinski definition) is 5. The van der Waals surface area contributed by atoms with Gasteiger partial charge in [0.05, 0.1) is 0 Å². The van der Waals surface area contributed by atoms with Gasteiger partial charge in [0, 0.05) is 52.4 Å². The van der Waals surface area contributed by atoms with Gasteiger partial charge in [0.25, 0.3) is 0 Å². The third-order valence-corrected chi connectivity index (χ3v) is 4.74. The average Bonchev–Trinajstić information content (AvgIpc) is 2.76. The van der Waals surface area contributed by atoms with E-state index in [1.165, 1.54) is 6.42 Å². The van der Waals surface area contributed by atoms with Crippen LogP contribution in [-0.2, 0) is 9.53 Å². The Labute approximate surface area is 127 Å². The summed E-state index contributed by atoms with van der Waals surface area (Å²) in [6.45, 7) is 7.15. The molecule has 0 unspecified atom stereocenters. The fourth-order valence-corrected chi connectivity index (χ4v) is 3.39. The topological polar surface area (TPSA) is 56.2 Å². The van der Waals surface area contributed by atoms with Gasteiger partial charge in [-0.15, -0.1) is 0 Å². The first-order chi connectivity index (χ1) is 10.1. The lowest BCUT2D eigenvalue weighted by Gasteiger charge is -2.26. The van der Waals surface area contributed by atoms with Gasteiger partial charge in [0.15, 0.2) is 0 Å². The van der Waals surface area contributed by atoms with E-state index in [2.05, 4.69) is 16.8 Å². The Hall–Kier alpha value is -0.690. The lowest BCUT2D eigenvalue weighted by atomic mass is 9.96. The zero-order chi connectivity index (χ0) is 15.2. The minimum Gasteiger partial charge on any atom is -0.396 e. The molecule has 0 radical (unpaired) electrons. The van der Waals surface area contributed by atoms with E-state index in [1.54, 1.807) is 7.11 Å². The zero-order valence-corrected chi connectivity index (χ0v) is 13.3. The quantitative estimate of drug-likeness (QED) is 0.730. The molecule has 0 aromatic carbocycles. The molecule has 1 amide bonds. The maximum atomic E-state index is 11.9. The lowest BCUT2D eigenvalue weighted by Crippen LogP contribution is -2.37. The van der Waals surface area contributed by atoms with Crippen molar-refractivity contribution < 1.29 is 14.6 Å². The molecule has 2 aliphatic heterocycles. The number of likely N-dealkylation sites (tertiary alicyclic amines) is 1. The van der Waals surface area contributed by atoms with E-state index < -0.39 is 0 Å². The van der Waals surface area contributed by atoms with Crippen LogP contribution >= 0.6 is 0 Å². The molecule has 0 aromatic heterocycles. The van der Waals surface area contributed by atoms with Crippen LogP contribution < -0.4 is 0 Å². The molecule has 21 heavy (non-hydrogen) atoms. The van der Waals surface area contributed by atoms with Crippen molar-refractivity contribution in [3.05, 3.63) is 0 Å². The molecule has 0 bridgehead atoms. The molecule has 122 valence electrons. The molecule has 1 N–H and O–H groups in total. The Morgan fingerprint density at radius 2 is 1.95 bits per heavy atom. The Morgan fingerprint density at radius 1 is 1.19 bits per heavy atom. The van der Waals surface area contributed by atoms with Crippen molar-refractivity contribution in [3.63, 3.8) is 0 Å². The molecule has 2 aliphatic rings. The van der Waals surface area contributed by atoms with E-state index in [4.69, 9.17) is 4.74 Å². The molecule has 2 atom stereocenters. The number of likely N-dealkylation sites (N-methyl/N-ethyl adjacent to an activating group) is 1. The summed E-state index contributed by atoms with van der Waals surface area (Å²) in [5.74, 6) is 0.611. The molecule has 6 nitrogen and oxygen atoms in total. The van der Waals surface area contributed by atoms with E-state index in [-0.39, 0.29) is 25.0 Å². The highest BCUT2D eigenvalue weighted by Gasteiger charge is 2.35. The van der Waals surface area contributed by atoms with Crippen LogP contribution in [0.25, 0.3) is 0 Å². The highest BCUT2D eigenvalue weighted by Crippen LogP contribution is 2.24. The second-order valence-electron chi connectivity index (χ2n) is 6.39. The van der Waals surface area contributed by atoms with Crippen LogP contribution in [0.15, 0.2) is 0 Å². The van der Waals surface area contributed by atoms with Gasteiger partial charge in [-0.1, -0.05) is 0 Å². The monoisotopic (exact) mass is 299 g/mol. The molecule has 6 heteroatoms. The number of carbonyl (C=O) groups excluding carboxylic acids is 1. The molecule has 2 saturated heterocycles.